The number of benzene rings is 2. The Morgan fingerprint density at radius 3 is 2.84 bits per heavy atom. The molecular formula is C18H16FNO5. The van der Waals surface area contributed by atoms with Gasteiger partial charge in [0.25, 0.3) is 5.91 Å². The van der Waals surface area contributed by atoms with Gasteiger partial charge in [-0.05, 0) is 35.9 Å². The van der Waals surface area contributed by atoms with Crippen molar-refractivity contribution >= 4 is 11.9 Å². The van der Waals surface area contributed by atoms with Gasteiger partial charge >= 0.3 is 5.97 Å². The van der Waals surface area contributed by atoms with Gasteiger partial charge in [0.15, 0.2) is 6.10 Å². The van der Waals surface area contributed by atoms with Crippen molar-refractivity contribution in [3.05, 3.63) is 58.9 Å². The second kappa shape index (κ2) is 6.80. The van der Waals surface area contributed by atoms with Crippen LogP contribution in [0.1, 0.15) is 21.5 Å². The Hall–Kier alpha value is -3.09. The molecule has 0 aliphatic carbocycles. The highest BCUT2D eigenvalue weighted by Crippen LogP contribution is 2.29. The van der Waals surface area contributed by atoms with E-state index in [4.69, 9.17) is 9.47 Å². The zero-order valence-electron chi connectivity index (χ0n) is 13.4. The third-order valence-electron chi connectivity index (χ3n) is 3.95. The van der Waals surface area contributed by atoms with E-state index in [1.165, 1.54) is 37.4 Å². The van der Waals surface area contributed by atoms with Gasteiger partial charge in [0.1, 0.15) is 22.9 Å². The lowest BCUT2D eigenvalue weighted by Crippen LogP contribution is -2.37. The van der Waals surface area contributed by atoms with Crippen LogP contribution in [0.4, 0.5) is 4.39 Å². The first-order valence-corrected chi connectivity index (χ1v) is 7.61. The number of halogens is 1. The Labute approximate surface area is 143 Å². The third kappa shape index (κ3) is 3.55. The lowest BCUT2D eigenvalue weighted by atomic mass is 10.1. The molecule has 1 atom stereocenters. The number of methoxy groups -OCH3 is 1. The van der Waals surface area contributed by atoms with E-state index < -0.39 is 12.1 Å². The van der Waals surface area contributed by atoms with E-state index in [0.717, 1.165) is 0 Å². The van der Waals surface area contributed by atoms with E-state index in [0.29, 0.717) is 23.3 Å². The molecule has 0 saturated carbocycles. The number of carbonyl (C=O) groups excluding carboxylic acids is 1. The van der Waals surface area contributed by atoms with E-state index in [-0.39, 0.29) is 29.6 Å². The summed E-state index contributed by atoms with van der Waals surface area (Å²) in [6.45, 7) is 0.147. The molecule has 2 aromatic carbocycles. The molecule has 7 heteroatoms. The fourth-order valence-electron chi connectivity index (χ4n) is 2.70. The molecule has 1 unspecified atom stereocenters. The summed E-state index contributed by atoms with van der Waals surface area (Å²) in [4.78, 5) is 23.5. The van der Waals surface area contributed by atoms with E-state index in [1.807, 2.05) is 0 Å². The number of carbonyl (C=O) groups is 2. The van der Waals surface area contributed by atoms with Gasteiger partial charge in [-0.1, -0.05) is 6.07 Å². The van der Waals surface area contributed by atoms with Gasteiger partial charge in [-0.25, -0.2) is 9.18 Å². The van der Waals surface area contributed by atoms with Crippen LogP contribution in [0.3, 0.4) is 0 Å². The van der Waals surface area contributed by atoms with Crippen molar-refractivity contribution in [2.75, 3.05) is 7.11 Å². The van der Waals surface area contributed by atoms with E-state index in [9.17, 15) is 19.1 Å². The van der Waals surface area contributed by atoms with Crippen molar-refractivity contribution in [3.8, 4) is 11.5 Å². The molecule has 6 nitrogen and oxygen atoms in total. The second-order valence-electron chi connectivity index (χ2n) is 5.62. The number of fused-ring (bicyclic) bond motifs is 1. The minimum absolute atomic E-state index is 0.0224. The topological polar surface area (TPSA) is 84.9 Å². The van der Waals surface area contributed by atoms with Crippen molar-refractivity contribution in [1.82, 2.24) is 5.32 Å². The second-order valence-corrected chi connectivity index (χ2v) is 5.62. The number of nitrogens with one attached hydrogen (secondary N) is 1. The lowest BCUT2D eigenvalue weighted by molar-refractivity contribution is -0.127. The molecular weight excluding hydrogens is 329 g/mol. The van der Waals surface area contributed by atoms with Crippen LogP contribution in [0.25, 0.3) is 0 Å². The Bertz CT molecular complexity index is 836. The number of hydrogen-bond acceptors (Lipinski definition) is 4. The highest BCUT2D eigenvalue weighted by atomic mass is 19.1. The van der Waals surface area contributed by atoms with Gasteiger partial charge in [0, 0.05) is 18.5 Å². The Kier molecular flexibility index (Phi) is 4.56. The van der Waals surface area contributed by atoms with Gasteiger partial charge in [-0.15, -0.1) is 0 Å². The number of aromatic carboxylic acids is 1. The van der Waals surface area contributed by atoms with Crippen molar-refractivity contribution in [2.45, 2.75) is 19.1 Å². The van der Waals surface area contributed by atoms with Gasteiger partial charge < -0.3 is 19.9 Å². The van der Waals surface area contributed by atoms with Crippen molar-refractivity contribution in [2.24, 2.45) is 0 Å². The van der Waals surface area contributed by atoms with Gasteiger partial charge in [-0.2, -0.15) is 0 Å². The van der Waals surface area contributed by atoms with Crippen molar-refractivity contribution in [1.29, 1.82) is 0 Å². The quantitative estimate of drug-likeness (QED) is 0.867. The summed E-state index contributed by atoms with van der Waals surface area (Å²) in [5.41, 5.74) is 1.29. The molecule has 25 heavy (non-hydrogen) atoms. The number of rotatable bonds is 5. The number of ether oxygens (including phenoxy) is 2. The fraction of sp³-hybridized carbons (Fsp3) is 0.222. The zero-order chi connectivity index (χ0) is 18.0. The van der Waals surface area contributed by atoms with Crippen LogP contribution in [0, 0.1) is 5.82 Å². The summed E-state index contributed by atoms with van der Waals surface area (Å²) in [5, 5.41) is 11.9. The van der Waals surface area contributed by atoms with Crippen LogP contribution >= 0.6 is 0 Å². The number of carboxylic acids is 1. The molecule has 0 bridgehead atoms. The average molecular weight is 345 g/mol. The molecule has 3 rings (SSSR count). The smallest absolute Gasteiger partial charge is 0.339 e. The lowest BCUT2D eigenvalue weighted by Gasteiger charge is -2.12. The van der Waals surface area contributed by atoms with E-state index >= 15 is 0 Å². The van der Waals surface area contributed by atoms with Crippen LogP contribution in [-0.2, 0) is 17.8 Å². The van der Waals surface area contributed by atoms with E-state index in [2.05, 4.69) is 5.32 Å². The summed E-state index contributed by atoms with van der Waals surface area (Å²) in [6.07, 6.45) is -0.434. The van der Waals surface area contributed by atoms with Crippen LogP contribution in [0.15, 0.2) is 36.4 Å². The maximum Gasteiger partial charge on any atom is 0.339 e. The molecule has 0 aromatic heterocycles. The van der Waals surface area contributed by atoms with Gasteiger partial charge in [0.2, 0.25) is 0 Å². The minimum atomic E-state index is -1.11. The normalized spacial score (nSPS) is 15.2. The molecule has 0 spiro atoms. The summed E-state index contributed by atoms with van der Waals surface area (Å²) in [7, 11) is 1.39. The maximum absolute atomic E-state index is 13.2. The Balaban J connectivity index is 1.64. The maximum atomic E-state index is 13.2. The van der Waals surface area contributed by atoms with Crippen molar-refractivity contribution in [3.63, 3.8) is 0 Å². The van der Waals surface area contributed by atoms with Crippen LogP contribution < -0.4 is 14.8 Å². The zero-order valence-corrected chi connectivity index (χ0v) is 13.4. The predicted octanol–water partition coefficient (Wildman–Crippen LogP) is 2.15. The van der Waals surface area contributed by atoms with Gasteiger partial charge in [-0.3, -0.25) is 4.79 Å². The number of carboxylic acid groups (broad SMARTS) is 1. The molecule has 0 fully saturated rings. The van der Waals surface area contributed by atoms with Crippen LogP contribution in [-0.4, -0.2) is 30.2 Å². The molecule has 130 valence electrons. The number of hydrogen-bond donors (Lipinski definition) is 2. The highest BCUT2D eigenvalue weighted by molar-refractivity contribution is 5.91. The summed E-state index contributed by atoms with van der Waals surface area (Å²) < 4.78 is 23.7. The molecule has 2 N–H and O–H groups in total. The molecule has 1 amide bonds. The standard InChI is InChI=1S/C18H16FNO5/c1-24-15-4-2-10(6-13(15)18(22)23)9-20-17(21)16-8-11-7-12(19)3-5-14(11)25-16/h2-7,16H,8-9H2,1H3,(H,20,21)(H,22,23). The van der Waals surface area contributed by atoms with Crippen LogP contribution in [0.5, 0.6) is 11.5 Å². The van der Waals surface area contributed by atoms with Crippen LogP contribution in [0.2, 0.25) is 0 Å². The first-order valence-electron chi connectivity index (χ1n) is 7.61. The summed E-state index contributed by atoms with van der Waals surface area (Å²) in [6, 6.07) is 8.79. The molecule has 1 aliphatic heterocycles. The molecule has 1 heterocycles. The summed E-state index contributed by atoms with van der Waals surface area (Å²) in [5.74, 6) is -1.08. The molecule has 2 aromatic rings. The Morgan fingerprint density at radius 2 is 2.12 bits per heavy atom. The van der Waals surface area contributed by atoms with E-state index in [1.54, 1.807) is 6.07 Å². The first kappa shape index (κ1) is 16.8. The molecule has 0 radical (unpaired) electrons. The first-order chi connectivity index (χ1) is 12.0. The van der Waals surface area contributed by atoms with Crippen molar-refractivity contribution < 1.29 is 28.6 Å². The Morgan fingerprint density at radius 1 is 1.32 bits per heavy atom. The highest BCUT2D eigenvalue weighted by Gasteiger charge is 2.29. The number of amides is 1. The SMILES string of the molecule is COc1ccc(CNC(=O)C2Cc3cc(F)ccc3O2)cc1C(=O)O. The minimum Gasteiger partial charge on any atom is -0.496 e. The largest absolute Gasteiger partial charge is 0.496 e. The monoisotopic (exact) mass is 345 g/mol. The molecule has 0 saturated heterocycles. The average Bonchev–Trinajstić information content (AvgIpc) is 3.02. The fourth-order valence-corrected chi connectivity index (χ4v) is 2.70. The molecule has 1 aliphatic rings. The van der Waals surface area contributed by atoms with Gasteiger partial charge in [0.05, 0.1) is 7.11 Å². The summed E-state index contributed by atoms with van der Waals surface area (Å²) >= 11 is 0. The third-order valence-corrected chi connectivity index (χ3v) is 3.95. The predicted molar refractivity (Wildman–Crippen MR) is 86.3 cm³/mol.